The third kappa shape index (κ3) is 4.49. The highest BCUT2D eigenvalue weighted by atomic mass is 19.1. The summed E-state index contributed by atoms with van der Waals surface area (Å²) in [5.41, 5.74) is 1.99. The Labute approximate surface area is 185 Å². The molecule has 0 unspecified atom stereocenters. The molecule has 32 heavy (non-hydrogen) atoms. The average Bonchev–Trinajstić information content (AvgIpc) is 3.43. The standard InChI is InChI=1S/C24H25FN4O3/c1-16-8-2-3-9-17(16)19(15-23(30)31)26-24(32)20-14-22(28-12-6-7-13-28)29(27-20)21-11-5-4-10-18(21)25/h2-5,8-11,14,19H,6-7,12-13,15H2,1H3,(H,26,32)(H,30,31)/t19-/m0/s1. The van der Waals surface area contributed by atoms with Gasteiger partial charge in [0.1, 0.15) is 17.3 Å². The van der Waals surface area contributed by atoms with Crippen LogP contribution in [0.2, 0.25) is 0 Å². The van der Waals surface area contributed by atoms with Crippen molar-refractivity contribution in [1.29, 1.82) is 0 Å². The number of amides is 1. The number of rotatable bonds is 7. The molecule has 0 spiro atoms. The summed E-state index contributed by atoms with van der Waals surface area (Å²) in [6.45, 7) is 3.47. The molecule has 4 rings (SSSR count). The average molecular weight is 436 g/mol. The minimum absolute atomic E-state index is 0.110. The fourth-order valence-electron chi connectivity index (χ4n) is 4.08. The summed E-state index contributed by atoms with van der Waals surface area (Å²) in [5.74, 6) is -1.32. The molecule has 3 aromatic rings. The van der Waals surface area contributed by atoms with Crippen LogP contribution < -0.4 is 10.2 Å². The lowest BCUT2D eigenvalue weighted by Crippen LogP contribution is -2.31. The fraction of sp³-hybridized carbons (Fsp3) is 0.292. The van der Waals surface area contributed by atoms with Gasteiger partial charge in [0, 0.05) is 19.2 Å². The van der Waals surface area contributed by atoms with Crippen LogP contribution in [0, 0.1) is 12.7 Å². The maximum Gasteiger partial charge on any atom is 0.305 e. The van der Waals surface area contributed by atoms with Crippen LogP contribution in [0.15, 0.2) is 54.6 Å². The molecular weight excluding hydrogens is 411 g/mol. The van der Waals surface area contributed by atoms with Crippen LogP contribution >= 0.6 is 0 Å². The van der Waals surface area contributed by atoms with E-state index in [1.807, 2.05) is 25.1 Å². The lowest BCUT2D eigenvalue weighted by Gasteiger charge is -2.19. The van der Waals surface area contributed by atoms with E-state index in [0.29, 0.717) is 5.82 Å². The summed E-state index contributed by atoms with van der Waals surface area (Å²) in [6, 6.07) is 14.6. The number of hydrogen-bond acceptors (Lipinski definition) is 4. The minimum Gasteiger partial charge on any atom is -0.481 e. The van der Waals surface area contributed by atoms with Gasteiger partial charge in [0.15, 0.2) is 5.69 Å². The highest BCUT2D eigenvalue weighted by molar-refractivity contribution is 5.94. The first kappa shape index (κ1) is 21.5. The highest BCUT2D eigenvalue weighted by Crippen LogP contribution is 2.27. The molecule has 2 heterocycles. The summed E-state index contributed by atoms with van der Waals surface area (Å²) in [7, 11) is 0. The van der Waals surface area contributed by atoms with Gasteiger partial charge in [-0.05, 0) is 43.0 Å². The van der Waals surface area contributed by atoms with Gasteiger partial charge in [-0.25, -0.2) is 9.07 Å². The van der Waals surface area contributed by atoms with Crippen molar-refractivity contribution in [1.82, 2.24) is 15.1 Å². The molecule has 0 radical (unpaired) electrons. The van der Waals surface area contributed by atoms with Gasteiger partial charge in [-0.2, -0.15) is 5.10 Å². The van der Waals surface area contributed by atoms with Crippen LogP contribution in [-0.2, 0) is 4.79 Å². The lowest BCUT2D eigenvalue weighted by atomic mass is 9.98. The van der Waals surface area contributed by atoms with E-state index in [1.165, 1.54) is 10.7 Å². The quantitative estimate of drug-likeness (QED) is 0.587. The van der Waals surface area contributed by atoms with Crippen molar-refractivity contribution in [2.75, 3.05) is 18.0 Å². The first-order valence-electron chi connectivity index (χ1n) is 10.6. The van der Waals surface area contributed by atoms with Crippen LogP contribution in [0.4, 0.5) is 10.2 Å². The number of carbonyl (C=O) groups excluding carboxylic acids is 1. The van der Waals surface area contributed by atoms with E-state index < -0.39 is 23.7 Å². The van der Waals surface area contributed by atoms with Crippen molar-refractivity contribution >= 4 is 17.7 Å². The van der Waals surface area contributed by atoms with Gasteiger partial charge < -0.3 is 15.3 Å². The van der Waals surface area contributed by atoms with Gasteiger partial charge in [-0.1, -0.05) is 36.4 Å². The number of aromatic nitrogens is 2. The van der Waals surface area contributed by atoms with E-state index in [9.17, 15) is 19.1 Å². The Hall–Kier alpha value is -3.68. The zero-order valence-corrected chi connectivity index (χ0v) is 17.8. The van der Waals surface area contributed by atoms with Crippen molar-refractivity contribution < 1.29 is 19.1 Å². The molecule has 8 heteroatoms. The van der Waals surface area contributed by atoms with Crippen LogP contribution in [0.5, 0.6) is 0 Å². The monoisotopic (exact) mass is 436 g/mol. The van der Waals surface area contributed by atoms with Gasteiger partial charge in [0.05, 0.1) is 12.5 Å². The van der Waals surface area contributed by atoms with E-state index >= 15 is 0 Å². The van der Waals surface area contributed by atoms with Crippen molar-refractivity contribution in [2.45, 2.75) is 32.2 Å². The fourth-order valence-corrected chi connectivity index (χ4v) is 4.08. The molecule has 2 aromatic carbocycles. The van der Waals surface area contributed by atoms with E-state index in [0.717, 1.165) is 37.1 Å². The molecule has 2 N–H and O–H groups in total. The molecule has 0 saturated carbocycles. The van der Waals surface area contributed by atoms with Gasteiger partial charge >= 0.3 is 5.97 Å². The molecule has 0 bridgehead atoms. The predicted molar refractivity (Wildman–Crippen MR) is 119 cm³/mol. The Balaban J connectivity index is 1.68. The van der Waals surface area contributed by atoms with Crippen LogP contribution in [0.25, 0.3) is 5.69 Å². The van der Waals surface area contributed by atoms with Gasteiger partial charge in [0.2, 0.25) is 0 Å². The SMILES string of the molecule is Cc1ccccc1[C@H](CC(=O)O)NC(=O)c1cc(N2CCCC2)n(-c2ccccc2F)n1. The molecule has 1 aliphatic heterocycles. The number of hydrogen-bond donors (Lipinski definition) is 2. The highest BCUT2D eigenvalue weighted by Gasteiger charge is 2.26. The number of aryl methyl sites for hydroxylation is 1. The second-order valence-electron chi connectivity index (χ2n) is 7.93. The lowest BCUT2D eigenvalue weighted by molar-refractivity contribution is -0.137. The second-order valence-corrected chi connectivity index (χ2v) is 7.93. The topological polar surface area (TPSA) is 87.5 Å². The van der Waals surface area contributed by atoms with E-state index in [2.05, 4.69) is 15.3 Å². The number of anilines is 1. The number of halogens is 1. The van der Waals surface area contributed by atoms with E-state index in [-0.39, 0.29) is 17.8 Å². The molecule has 1 saturated heterocycles. The zero-order chi connectivity index (χ0) is 22.7. The Bertz CT molecular complexity index is 1140. The maximum atomic E-state index is 14.5. The molecule has 1 amide bonds. The molecule has 7 nitrogen and oxygen atoms in total. The molecular formula is C24H25FN4O3. The minimum atomic E-state index is -1.02. The molecule has 1 atom stereocenters. The van der Waals surface area contributed by atoms with Crippen LogP contribution in [-0.4, -0.2) is 39.9 Å². The third-order valence-corrected chi connectivity index (χ3v) is 5.68. The first-order chi connectivity index (χ1) is 15.4. The second kappa shape index (κ2) is 9.21. The number of carboxylic acids is 1. The summed E-state index contributed by atoms with van der Waals surface area (Å²) < 4.78 is 16.0. The Morgan fingerprint density at radius 1 is 1.12 bits per heavy atom. The number of para-hydroxylation sites is 1. The molecule has 1 aromatic heterocycles. The molecule has 0 aliphatic carbocycles. The smallest absolute Gasteiger partial charge is 0.305 e. The number of aliphatic carboxylic acids is 1. The van der Waals surface area contributed by atoms with Crippen molar-refractivity contribution in [2.24, 2.45) is 0 Å². The molecule has 166 valence electrons. The van der Waals surface area contributed by atoms with Crippen molar-refractivity contribution in [3.63, 3.8) is 0 Å². The number of nitrogens with one attached hydrogen (secondary N) is 1. The number of carboxylic acid groups (broad SMARTS) is 1. The number of carbonyl (C=O) groups is 2. The Morgan fingerprint density at radius 2 is 1.81 bits per heavy atom. The summed E-state index contributed by atoms with van der Waals surface area (Å²) >= 11 is 0. The molecule has 1 aliphatic rings. The van der Waals surface area contributed by atoms with E-state index in [1.54, 1.807) is 30.3 Å². The first-order valence-corrected chi connectivity index (χ1v) is 10.6. The van der Waals surface area contributed by atoms with E-state index in [4.69, 9.17) is 0 Å². The summed E-state index contributed by atoms with van der Waals surface area (Å²) in [6.07, 6.45) is 1.76. The zero-order valence-electron chi connectivity index (χ0n) is 17.8. The third-order valence-electron chi connectivity index (χ3n) is 5.68. The summed E-state index contributed by atoms with van der Waals surface area (Å²) in [4.78, 5) is 26.6. The van der Waals surface area contributed by atoms with Gasteiger partial charge in [0.25, 0.3) is 5.91 Å². The Morgan fingerprint density at radius 3 is 2.50 bits per heavy atom. The van der Waals surface area contributed by atoms with Crippen LogP contribution in [0.1, 0.15) is 46.9 Å². The largest absolute Gasteiger partial charge is 0.481 e. The van der Waals surface area contributed by atoms with Crippen LogP contribution in [0.3, 0.4) is 0 Å². The van der Waals surface area contributed by atoms with Gasteiger partial charge in [-0.3, -0.25) is 9.59 Å². The number of benzene rings is 2. The van der Waals surface area contributed by atoms with Crippen molar-refractivity contribution in [3.05, 3.63) is 77.2 Å². The van der Waals surface area contributed by atoms with Crippen molar-refractivity contribution in [3.8, 4) is 5.69 Å². The number of nitrogens with zero attached hydrogens (tertiary/aromatic N) is 3. The summed E-state index contributed by atoms with van der Waals surface area (Å²) in [5, 5.41) is 16.6. The Kier molecular flexibility index (Phi) is 6.20. The predicted octanol–water partition coefficient (Wildman–Crippen LogP) is 3.87. The normalized spacial score (nSPS) is 14.4. The molecule has 1 fully saturated rings. The van der Waals surface area contributed by atoms with Gasteiger partial charge in [-0.15, -0.1) is 0 Å². The maximum absolute atomic E-state index is 14.5.